The lowest BCUT2D eigenvalue weighted by molar-refractivity contribution is 0.0189. The first kappa shape index (κ1) is 17.3. The fraction of sp³-hybridized carbons (Fsp3) is 0.474. The van der Waals surface area contributed by atoms with Crippen molar-refractivity contribution in [2.24, 2.45) is 0 Å². The Morgan fingerprint density at radius 2 is 2.15 bits per heavy atom. The number of aromatic amines is 1. The van der Waals surface area contributed by atoms with Gasteiger partial charge in [-0.25, -0.2) is 14.8 Å². The molecule has 4 heterocycles. The topological polar surface area (TPSA) is 99.8 Å². The molecule has 27 heavy (non-hydrogen) atoms. The van der Waals surface area contributed by atoms with E-state index in [-0.39, 0.29) is 13.6 Å². The van der Waals surface area contributed by atoms with E-state index in [9.17, 15) is 10.1 Å². The summed E-state index contributed by atoms with van der Waals surface area (Å²) in [5.41, 5.74) is 1.91. The summed E-state index contributed by atoms with van der Waals surface area (Å²) in [7, 11) is 0. The standard InChI is InChI=1S/C19H22N6O2.H2/c1-19(2,3)27-18(26)24-8-5-12(6-9-24)25-15(10-20)23-14-11-22-17-13(16(14)25)4-7-21-17;/h4,7,11-12H,5-6,8-9H2,1-3H3,(H,21,22);1H. The Bertz CT molecular complexity index is 1050. The van der Waals surface area contributed by atoms with Crippen LogP contribution < -0.4 is 0 Å². The van der Waals surface area contributed by atoms with Crippen molar-refractivity contribution in [1.29, 1.82) is 5.26 Å². The SMILES string of the molecule is CC(C)(C)OC(=O)N1CCC(n2c(C#N)nc3cnc4[nH]ccc4c32)CC1.[HH]. The summed E-state index contributed by atoms with van der Waals surface area (Å²) < 4.78 is 7.48. The third-order valence-electron chi connectivity index (χ3n) is 4.82. The molecule has 0 aromatic carbocycles. The van der Waals surface area contributed by atoms with Gasteiger partial charge in [-0.2, -0.15) is 5.26 Å². The fourth-order valence-corrected chi connectivity index (χ4v) is 3.66. The van der Waals surface area contributed by atoms with Crippen LogP contribution in [-0.2, 0) is 4.74 Å². The summed E-state index contributed by atoms with van der Waals surface area (Å²) in [5, 5.41) is 10.5. The molecule has 142 valence electrons. The van der Waals surface area contributed by atoms with Gasteiger partial charge in [0.05, 0.1) is 11.7 Å². The highest BCUT2D eigenvalue weighted by Crippen LogP contribution is 2.32. The summed E-state index contributed by atoms with van der Waals surface area (Å²) in [5.74, 6) is 0.385. The maximum atomic E-state index is 12.3. The molecule has 3 aromatic heterocycles. The highest BCUT2D eigenvalue weighted by Gasteiger charge is 2.30. The molecule has 0 saturated carbocycles. The van der Waals surface area contributed by atoms with Crippen LogP contribution >= 0.6 is 0 Å². The third kappa shape index (κ3) is 3.10. The molecule has 1 saturated heterocycles. The number of carbonyl (C=O) groups is 1. The number of rotatable bonds is 1. The second-order valence-corrected chi connectivity index (χ2v) is 7.85. The average molecular weight is 368 g/mol. The average Bonchev–Trinajstić information content (AvgIpc) is 3.23. The predicted octanol–water partition coefficient (Wildman–Crippen LogP) is 3.60. The smallest absolute Gasteiger partial charge is 0.410 e. The molecule has 1 amide bonds. The molecule has 0 unspecified atom stereocenters. The van der Waals surface area contributed by atoms with Gasteiger partial charge in [-0.15, -0.1) is 0 Å². The number of nitrogens with one attached hydrogen (secondary N) is 1. The molecule has 1 N–H and O–H groups in total. The number of piperidine rings is 1. The summed E-state index contributed by atoms with van der Waals surface area (Å²) in [4.78, 5) is 26.0. The van der Waals surface area contributed by atoms with Crippen LogP contribution in [0.3, 0.4) is 0 Å². The van der Waals surface area contributed by atoms with Gasteiger partial charge < -0.3 is 19.2 Å². The van der Waals surface area contributed by atoms with Crippen molar-refractivity contribution >= 4 is 28.2 Å². The predicted molar refractivity (Wildman–Crippen MR) is 102 cm³/mol. The number of pyridine rings is 1. The Hall–Kier alpha value is -3.08. The number of amides is 1. The second-order valence-electron chi connectivity index (χ2n) is 7.85. The Kier molecular flexibility index (Phi) is 4.02. The van der Waals surface area contributed by atoms with Crippen molar-refractivity contribution in [2.75, 3.05) is 13.1 Å². The molecule has 0 spiro atoms. The number of ether oxygens (including phenoxy) is 1. The molecule has 8 nitrogen and oxygen atoms in total. The number of nitriles is 1. The van der Waals surface area contributed by atoms with E-state index in [0.29, 0.717) is 24.4 Å². The highest BCUT2D eigenvalue weighted by molar-refractivity contribution is 6.01. The lowest BCUT2D eigenvalue weighted by Gasteiger charge is -2.34. The highest BCUT2D eigenvalue weighted by atomic mass is 16.6. The van der Waals surface area contributed by atoms with E-state index in [1.807, 2.05) is 37.6 Å². The van der Waals surface area contributed by atoms with E-state index >= 15 is 0 Å². The summed E-state index contributed by atoms with van der Waals surface area (Å²) in [6.07, 6.45) is 4.74. The van der Waals surface area contributed by atoms with Gasteiger partial charge in [-0.3, -0.25) is 0 Å². The first-order chi connectivity index (χ1) is 12.9. The van der Waals surface area contributed by atoms with Crippen LogP contribution in [0, 0.1) is 11.3 Å². The van der Waals surface area contributed by atoms with Crippen LogP contribution in [0.2, 0.25) is 0 Å². The molecule has 0 aliphatic carbocycles. The molecule has 1 aliphatic heterocycles. The first-order valence-electron chi connectivity index (χ1n) is 9.09. The number of hydrogen-bond acceptors (Lipinski definition) is 5. The molecule has 3 aromatic rings. The molecule has 8 heteroatoms. The number of imidazole rings is 1. The van der Waals surface area contributed by atoms with Gasteiger partial charge in [0.2, 0.25) is 5.82 Å². The number of fused-ring (bicyclic) bond motifs is 3. The van der Waals surface area contributed by atoms with Crippen molar-refractivity contribution in [3.8, 4) is 6.07 Å². The van der Waals surface area contributed by atoms with Crippen LogP contribution in [0.15, 0.2) is 18.5 Å². The van der Waals surface area contributed by atoms with Gasteiger partial charge in [-0.05, 0) is 39.7 Å². The maximum absolute atomic E-state index is 12.3. The molecular formula is C19H24N6O2. The Labute approximate surface area is 158 Å². The molecular weight excluding hydrogens is 344 g/mol. The van der Waals surface area contributed by atoms with Crippen LogP contribution in [-0.4, -0.2) is 49.2 Å². The quantitative estimate of drug-likeness (QED) is 0.707. The van der Waals surface area contributed by atoms with Gasteiger partial charge in [0.15, 0.2) is 0 Å². The van der Waals surface area contributed by atoms with E-state index in [4.69, 9.17) is 4.74 Å². The molecule has 0 radical (unpaired) electrons. The monoisotopic (exact) mass is 368 g/mol. The minimum atomic E-state index is -0.505. The van der Waals surface area contributed by atoms with Crippen LogP contribution in [0.5, 0.6) is 0 Å². The number of likely N-dealkylation sites (tertiary alicyclic amines) is 1. The second kappa shape index (κ2) is 6.27. The van der Waals surface area contributed by atoms with E-state index < -0.39 is 5.60 Å². The van der Waals surface area contributed by atoms with Crippen molar-refractivity contribution in [3.63, 3.8) is 0 Å². The Morgan fingerprint density at radius 3 is 2.81 bits per heavy atom. The lowest BCUT2D eigenvalue weighted by atomic mass is 10.0. The van der Waals surface area contributed by atoms with Gasteiger partial charge in [0, 0.05) is 32.1 Å². The van der Waals surface area contributed by atoms with Gasteiger partial charge >= 0.3 is 6.09 Å². The van der Waals surface area contributed by atoms with Crippen molar-refractivity contribution in [2.45, 2.75) is 45.3 Å². The molecule has 4 rings (SSSR count). The summed E-state index contributed by atoms with van der Waals surface area (Å²) >= 11 is 0. The number of nitrogens with zero attached hydrogens (tertiary/aromatic N) is 5. The van der Waals surface area contributed by atoms with Crippen LogP contribution in [0.1, 0.15) is 46.9 Å². The molecule has 1 fully saturated rings. The third-order valence-corrected chi connectivity index (χ3v) is 4.82. The molecule has 0 atom stereocenters. The minimum Gasteiger partial charge on any atom is -0.444 e. The lowest BCUT2D eigenvalue weighted by Crippen LogP contribution is -2.42. The van der Waals surface area contributed by atoms with Crippen molar-refractivity contribution < 1.29 is 11.0 Å². The van der Waals surface area contributed by atoms with E-state index in [1.165, 1.54) is 0 Å². The zero-order chi connectivity index (χ0) is 19.2. The van der Waals surface area contributed by atoms with E-state index in [0.717, 1.165) is 29.4 Å². The summed E-state index contributed by atoms with van der Waals surface area (Å²) in [6.45, 7) is 6.77. The van der Waals surface area contributed by atoms with Crippen molar-refractivity contribution in [1.82, 2.24) is 24.4 Å². The Balaban J connectivity index is 0.00000225. The molecule has 0 bridgehead atoms. The van der Waals surface area contributed by atoms with Crippen molar-refractivity contribution in [3.05, 3.63) is 24.3 Å². The van der Waals surface area contributed by atoms with E-state index in [2.05, 4.69) is 21.0 Å². The molecule has 1 aliphatic rings. The number of H-pyrrole nitrogens is 1. The number of carbonyl (C=O) groups excluding carboxylic acids is 1. The number of hydrogen-bond donors (Lipinski definition) is 1. The van der Waals surface area contributed by atoms with Crippen LogP contribution in [0.25, 0.3) is 22.1 Å². The van der Waals surface area contributed by atoms with Gasteiger partial charge in [0.1, 0.15) is 22.8 Å². The summed E-state index contributed by atoms with van der Waals surface area (Å²) in [6, 6.07) is 4.27. The largest absolute Gasteiger partial charge is 0.444 e. The minimum absolute atomic E-state index is 0. The number of aromatic nitrogens is 4. The van der Waals surface area contributed by atoms with E-state index in [1.54, 1.807) is 11.1 Å². The van der Waals surface area contributed by atoms with Crippen LogP contribution in [0.4, 0.5) is 4.79 Å². The first-order valence-corrected chi connectivity index (χ1v) is 9.09. The zero-order valence-corrected chi connectivity index (χ0v) is 15.7. The van der Waals surface area contributed by atoms with Gasteiger partial charge in [-0.1, -0.05) is 0 Å². The zero-order valence-electron chi connectivity index (χ0n) is 15.7. The maximum Gasteiger partial charge on any atom is 0.410 e. The Morgan fingerprint density at radius 1 is 1.41 bits per heavy atom. The normalized spacial score (nSPS) is 16.0. The fourth-order valence-electron chi connectivity index (χ4n) is 3.66. The van der Waals surface area contributed by atoms with Gasteiger partial charge in [0.25, 0.3) is 0 Å².